The zero-order valence-corrected chi connectivity index (χ0v) is 16.3. The third-order valence-corrected chi connectivity index (χ3v) is 4.91. The molecule has 0 spiro atoms. The lowest BCUT2D eigenvalue weighted by molar-refractivity contribution is -0.134. The van der Waals surface area contributed by atoms with Crippen molar-refractivity contribution in [1.29, 1.82) is 0 Å². The van der Waals surface area contributed by atoms with E-state index in [4.69, 9.17) is 32.4 Å². The molecule has 7 heteroatoms. The molecule has 0 saturated heterocycles. The molecule has 3 rings (SSSR count). The van der Waals surface area contributed by atoms with Crippen molar-refractivity contribution in [2.45, 2.75) is 13.0 Å². The Balaban J connectivity index is 1.68. The van der Waals surface area contributed by atoms with E-state index in [1.165, 1.54) is 6.07 Å². The van der Waals surface area contributed by atoms with Gasteiger partial charge in [-0.15, -0.1) is 0 Å². The summed E-state index contributed by atoms with van der Waals surface area (Å²) in [7, 11) is 1.68. The third-order valence-electron chi connectivity index (χ3n) is 4.34. The van der Waals surface area contributed by atoms with Crippen LogP contribution in [0.2, 0.25) is 10.0 Å². The molecule has 5 nitrogen and oxygen atoms in total. The number of likely N-dealkylation sites (N-methyl/N-ethyl adjacent to an activating group) is 1. The molecule has 2 aromatic carbocycles. The zero-order chi connectivity index (χ0) is 19.6. The van der Waals surface area contributed by atoms with Gasteiger partial charge in [-0.05, 0) is 42.8 Å². The first-order valence-corrected chi connectivity index (χ1v) is 8.98. The summed E-state index contributed by atoms with van der Waals surface area (Å²) in [6.45, 7) is 1.71. The predicted molar refractivity (Wildman–Crippen MR) is 106 cm³/mol. The monoisotopic (exact) mass is 405 g/mol. The number of carbonyl (C=O) groups is 1. The van der Waals surface area contributed by atoms with Gasteiger partial charge in [0.25, 0.3) is 5.91 Å². The molecule has 0 aliphatic heterocycles. The number of benzene rings is 2. The lowest BCUT2D eigenvalue weighted by atomic mass is 10.1. The van der Waals surface area contributed by atoms with Gasteiger partial charge in [-0.2, -0.15) is 0 Å². The van der Waals surface area contributed by atoms with Crippen molar-refractivity contribution in [1.82, 2.24) is 4.90 Å². The van der Waals surface area contributed by atoms with Crippen LogP contribution < -0.4 is 10.4 Å². The Bertz CT molecular complexity index is 1050. The Morgan fingerprint density at radius 1 is 1.15 bits per heavy atom. The number of hydrogen-bond donors (Lipinski definition) is 0. The van der Waals surface area contributed by atoms with Crippen LogP contribution in [0, 0.1) is 0 Å². The van der Waals surface area contributed by atoms with E-state index in [2.05, 4.69) is 0 Å². The Hall–Kier alpha value is -2.50. The molecule has 0 aliphatic carbocycles. The molecule has 1 atom stereocenters. The summed E-state index contributed by atoms with van der Waals surface area (Å²) in [6, 6.07) is 13.0. The maximum atomic E-state index is 12.5. The molecule has 0 radical (unpaired) electrons. The van der Waals surface area contributed by atoms with E-state index < -0.39 is 5.63 Å². The number of hydrogen-bond acceptors (Lipinski definition) is 4. The Labute approximate surface area is 166 Å². The van der Waals surface area contributed by atoms with Gasteiger partial charge < -0.3 is 14.1 Å². The molecule has 1 aromatic heterocycles. The zero-order valence-electron chi connectivity index (χ0n) is 14.7. The van der Waals surface area contributed by atoms with E-state index >= 15 is 0 Å². The first-order valence-electron chi connectivity index (χ1n) is 8.22. The van der Waals surface area contributed by atoms with Gasteiger partial charge in [0.05, 0.1) is 6.04 Å². The van der Waals surface area contributed by atoms with Gasteiger partial charge in [-0.25, -0.2) is 4.79 Å². The fourth-order valence-corrected chi connectivity index (χ4v) is 3.21. The summed E-state index contributed by atoms with van der Waals surface area (Å²) in [4.78, 5) is 25.4. The number of halogens is 2. The molecule has 1 heterocycles. The van der Waals surface area contributed by atoms with Gasteiger partial charge in [0.1, 0.15) is 11.3 Å². The minimum Gasteiger partial charge on any atom is -0.484 e. The summed E-state index contributed by atoms with van der Waals surface area (Å²) in [5.74, 6) is 0.221. The van der Waals surface area contributed by atoms with Crippen molar-refractivity contribution >= 4 is 40.1 Å². The molecule has 0 unspecified atom stereocenters. The van der Waals surface area contributed by atoms with Crippen LogP contribution in [0.5, 0.6) is 5.75 Å². The molecule has 0 fully saturated rings. The number of ether oxygens (including phenoxy) is 1. The highest BCUT2D eigenvalue weighted by Gasteiger charge is 2.20. The average Bonchev–Trinajstić information content (AvgIpc) is 2.64. The van der Waals surface area contributed by atoms with Crippen LogP contribution >= 0.6 is 23.2 Å². The largest absolute Gasteiger partial charge is 0.484 e. The lowest BCUT2D eigenvalue weighted by Gasteiger charge is -2.26. The summed E-state index contributed by atoms with van der Waals surface area (Å²) < 4.78 is 10.7. The van der Waals surface area contributed by atoms with Gasteiger partial charge in [-0.1, -0.05) is 29.3 Å². The number of rotatable bonds is 5. The highest BCUT2D eigenvalue weighted by atomic mass is 35.5. The van der Waals surface area contributed by atoms with Crippen molar-refractivity contribution in [3.63, 3.8) is 0 Å². The van der Waals surface area contributed by atoms with Gasteiger partial charge >= 0.3 is 5.63 Å². The van der Waals surface area contributed by atoms with Crippen LogP contribution in [0.3, 0.4) is 0 Å². The fourth-order valence-electron chi connectivity index (χ4n) is 2.64. The van der Waals surface area contributed by atoms with Crippen molar-refractivity contribution in [3.8, 4) is 5.75 Å². The van der Waals surface area contributed by atoms with Crippen LogP contribution in [-0.2, 0) is 4.79 Å². The number of nitrogens with zero attached hydrogens (tertiary/aromatic N) is 1. The summed E-state index contributed by atoms with van der Waals surface area (Å²) in [5, 5.41) is 1.81. The van der Waals surface area contributed by atoms with E-state index in [-0.39, 0.29) is 18.6 Å². The molecule has 3 aromatic rings. The van der Waals surface area contributed by atoms with Crippen LogP contribution in [0.1, 0.15) is 18.5 Å². The fraction of sp³-hybridized carbons (Fsp3) is 0.200. The van der Waals surface area contributed by atoms with Crippen molar-refractivity contribution < 1.29 is 13.9 Å². The third kappa shape index (κ3) is 4.43. The summed E-state index contributed by atoms with van der Waals surface area (Å²) in [6.07, 6.45) is 0. The van der Waals surface area contributed by atoms with E-state index in [1.54, 1.807) is 54.4 Å². The van der Waals surface area contributed by atoms with Gasteiger partial charge in [0.15, 0.2) is 6.61 Å². The van der Waals surface area contributed by atoms with Crippen molar-refractivity contribution in [3.05, 3.63) is 74.6 Å². The first kappa shape index (κ1) is 19.3. The van der Waals surface area contributed by atoms with Crippen LogP contribution in [0.15, 0.2) is 57.7 Å². The minimum atomic E-state index is -0.441. The van der Waals surface area contributed by atoms with Crippen molar-refractivity contribution in [2.75, 3.05) is 13.7 Å². The topological polar surface area (TPSA) is 59.8 Å². The maximum Gasteiger partial charge on any atom is 0.336 e. The molecule has 0 bridgehead atoms. The highest BCUT2D eigenvalue weighted by molar-refractivity contribution is 6.35. The molecule has 0 saturated carbocycles. The molecule has 0 aliphatic rings. The van der Waals surface area contributed by atoms with Crippen LogP contribution in [0.4, 0.5) is 0 Å². The first-order chi connectivity index (χ1) is 12.8. The predicted octanol–water partition coefficient (Wildman–Crippen LogP) is 4.70. The standard InChI is InChI=1S/C20H17Cl2NO4/c1-12(16-7-5-14(21)9-17(16)22)23(2)19(24)11-26-15-6-3-13-4-8-20(25)27-18(13)10-15/h3-10,12H,11H2,1-2H3/t12-/m0/s1. The SMILES string of the molecule is C[C@@H](c1ccc(Cl)cc1Cl)N(C)C(=O)COc1ccc2ccc(=O)oc2c1. The minimum absolute atomic E-state index is 0.158. The van der Waals surface area contributed by atoms with E-state index in [0.29, 0.717) is 21.4 Å². The smallest absolute Gasteiger partial charge is 0.336 e. The quantitative estimate of drug-likeness (QED) is 0.577. The number of amides is 1. The molecule has 0 N–H and O–H groups in total. The summed E-state index contributed by atoms with van der Waals surface area (Å²) >= 11 is 12.1. The molecule has 140 valence electrons. The maximum absolute atomic E-state index is 12.5. The Kier molecular flexibility index (Phi) is 5.73. The number of fused-ring (bicyclic) bond motifs is 1. The highest BCUT2D eigenvalue weighted by Crippen LogP contribution is 2.29. The Morgan fingerprint density at radius 2 is 1.89 bits per heavy atom. The van der Waals surface area contributed by atoms with Gasteiger partial charge in [0, 0.05) is 34.6 Å². The summed E-state index contributed by atoms with van der Waals surface area (Å²) in [5.41, 5.74) is 0.760. The number of carbonyl (C=O) groups excluding carboxylic acids is 1. The Morgan fingerprint density at radius 3 is 2.63 bits per heavy atom. The van der Waals surface area contributed by atoms with Crippen LogP contribution in [0.25, 0.3) is 11.0 Å². The van der Waals surface area contributed by atoms with E-state index in [0.717, 1.165) is 10.9 Å². The van der Waals surface area contributed by atoms with Crippen LogP contribution in [-0.4, -0.2) is 24.5 Å². The molecular formula is C20H17Cl2NO4. The second-order valence-electron chi connectivity index (χ2n) is 6.09. The molecular weight excluding hydrogens is 389 g/mol. The van der Waals surface area contributed by atoms with E-state index in [1.807, 2.05) is 6.92 Å². The lowest BCUT2D eigenvalue weighted by Crippen LogP contribution is -2.33. The molecule has 27 heavy (non-hydrogen) atoms. The van der Waals surface area contributed by atoms with Gasteiger partial charge in [0.2, 0.25) is 0 Å². The second kappa shape index (κ2) is 8.03. The van der Waals surface area contributed by atoms with Crippen molar-refractivity contribution in [2.24, 2.45) is 0 Å². The molecule has 1 amide bonds. The van der Waals surface area contributed by atoms with Gasteiger partial charge in [-0.3, -0.25) is 4.79 Å². The normalized spacial score (nSPS) is 12.0. The average molecular weight is 406 g/mol. The van der Waals surface area contributed by atoms with E-state index in [9.17, 15) is 9.59 Å². The second-order valence-corrected chi connectivity index (χ2v) is 6.93.